The summed E-state index contributed by atoms with van der Waals surface area (Å²) in [4.78, 5) is 11.8. The van der Waals surface area contributed by atoms with Gasteiger partial charge in [0.25, 0.3) is 0 Å². The quantitative estimate of drug-likeness (QED) is 0.692. The average Bonchev–Trinajstić information content (AvgIpc) is 2.71. The molecule has 0 aromatic heterocycles. The average molecular weight is 175 g/mol. The normalized spacial score (nSPS) is 21.7. The third-order valence-corrected chi connectivity index (χ3v) is 2.44. The molecule has 1 aromatic rings. The maximum absolute atomic E-state index is 11.8. The fraction of sp³-hybridized carbons (Fsp3) is 0.364. The first-order valence-electron chi connectivity index (χ1n) is 4.70. The number of hydrogen-bond donors (Lipinski definition) is 1. The number of hydrogen-bond acceptors (Lipinski definition) is 2. The van der Waals surface area contributed by atoms with E-state index in [0.29, 0.717) is 0 Å². The van der Waals surface area contributed by atoms with Gasteiger partial charge < -0.3 is 5.32 Å². The Morgan fingerprint density at radius 3 is 2.69 bits per heavy atom. The largest absolute Gasteiger partial charge is 0.307 e. The van der Waals surface area contributed by atoms with Gasteiger partial charge in [-0.15, -0.1) is 0 Å². The number of carbonyl (C=O) groups excluding carboxylic acids is 1. The van der Waals surface area contributed by atoms with Crippen LogP contribution in [0.3, 0.4) is 0 Å². The lowest BCUT2D eigenvalue weighted by Gasteiger charge is -2.07. The minimum absolute atomic E-state index is 0.0578. The number of carbonyl (C=O) groups is 1. The van der Waals surface area contributed by atoms with Crippen molar-refractivity contribution >= 4 is 5.78 Å². The highest BCUT2D eigenvalue weighted by molar-refractivity contribution is 6.00. The molecular formula is C11H13NO. The summed E-state index contributed by atoms with van der Waals surface area (Å²) in [7, 11) is 0. The molecule has 0 radical (unpaired) electrons. The molecule has 2 heteroatoms. The molecule has 68 valence electrons. The number of ketones is 1. The lowest BCUT2D eigenvalue weighted by atomic mass is 10.0. The van der Waals surface area contributed by atoms with Crippen molar-refractivity contribution in [3.8, 4) is 0 Å². The molecule has 1 heterocycles. The van der Waals surface area contributed by atoms with Crippen molar-refractivity contribution in [2.75, 3.05) is 6.54 Å². The van der Waals surface area contributed by atoms with E-state index in [1.165, 1.54) is 0 Å². The number of benzene rings is 1. The van der Waals surface area contributed by atoms with Gasteiger partial charge in [-0.3, -0.25) is 4.79 Å². The van der Waals surface area contributed by atoms with E-state index in [1.807, 2.05) is 30.3 Å². The maximum Gasteiger partial charge on any atom is 0.179 e. The van der Waals surface area contributed by atoms with Gasteiger partial charge in [-0.2, -0.15) is 0 Å². The van der Waals surface area contributed by atoms with Crippen molar-refractivity contribution < 1.29 is 4.79 Å². The van der Waals surface area contributed by atoms with Gasteiger partial charge in [0.2, 0.25) is 0 Å². The Morgan fingerprint density at radius 1 is 1.31 bits per heavy atom. The Labute approximate surface area is 78.0 Å². The molecule has 1 saturated heterocycles. The van der Waals surface area contributed by atoms with Gasteiger partial charge in [-0.1, -0.05) is 30.3 Å². The summed E-state index contributed by atoms with van der Waals surface area (Å²) >= 11 is 0. The zero-order valence-electron chi connectivity index (χ0n) is 7.49. The molecule has 0 aliphatic carbocycles. The third-order valence-electron chi connectivity index (χ3n) is 2.44. The van der Waals surface area contributed by atoms with Crippen molar-refractivity contribution in [3.63, 3.8) is 0 Å². The van der Waals surface area contributed by atoms with Crippen LogP contribution < -0.4 is 5.32 Å². The van der Waals surface area contributed by atoms with Crippen LogP contribution >= 0.6 is 0 Å². The Morgan fingerprint density at radius 2 is 2.08 bits per heavy atom. The standard InChI is InChI=1S/C11H13NO/c13-11(10-7-4-8-12-10)9-5-2-1-3-6-9/h1-3,5-6,10,12H,4,7-8H2. The molecule has 2 nitrogen and oxygen atoms in total. The molecule has 13 heavy (non-hydrogen) atoms. The van der Waals surface area contributed by atoms with Crippen molar-refractivity contribution in [1.82, 2.24) is 5.32 Å². The van der Waals surface area contributed by atoms with Crippen molar-refractivity contribution in [2.45, 2.75) is 18.9 Å². The van der Waals surface area contributed by atoms with Crippen LogP contribution in [0.1, 0.15) is 23.2 Å². The Bertz CT molecular complexity index is 288. The summed E-state index contributed by atoms with van der Waals surface area (Å²) in [6, 6.07) is 9.55. The second kappa shape index (κ2) is 3.71. The molecule has 2 rings (SSSR count). The van der Waals surface area contributed by atoms with E-state index >= 15 is 0 Å². The van der Waals surface area contributed by atoms with E-state index in [4.69, 9.17) is 0 Å². The summed E-state index contributed by atoms with van der Waals surface area (Å²) in [5, 5.41) is 3.21. The highest BCUT2D eigenvalue weighted by Crippen LogP contribution is 2.11. The van der Waals surface area contributed by atoms with E-state index in [1.54, 1.807) is 0 Å². The van der Waals surface area contributed by atoms with Crippen molar-refractivity contribution in [2.24, 2.45) is 0 Å². The minimum atomic E-state index is 0.0578. The summed E-state index contributed by atoms with van der Waals surface area (Å²) in [6.45, 7) is 0.975. The molecule has 0 bridgehead atoms. The van der Waals surface area contributed by atoms with E-state index in [9.17, 15) is 4.79 Å². The second-order valence-corrected chi connectivity index (χ2v) is 3.38. The maximum atomic E-state index is 11.8. The van der Waals surface area contributed by atoms with Gasteiger partial charge in [0.15, 0.2) is 5.78 Å². The van der Waals surface area contributed by atoms with E-state index in [0.717, 1.165) is 24.9 Å². The van der Waals surface area contributed by atoms with E-state index < -0.39 is 0 Å². The van der Waals surface area contributed by atoms with Crippen LogP contribution in [0.25, 0.3) is 0 Å². The van der Waals surface area contributed by atoms with Crippen LogP contribution in [0.5, 0.6) is 0 Å². The highest BCUT2D eigenvalue weighted by Gasteiger charge is 2.22. The molecule has 1 atom stereocenters. The van der Waals surface area contributed by atoms with Crippen LogP contribution in [0, 0.1) is 0 Å². The highest BCUT2D eigenvalue weighted by atomic mass is 16.1. The predicted octanol–water partition coefficient (Wildman–Crippen LogP) is 1.62. The monoisotopic (exact) mass is 175 g/mol. The fourth-order valence-corrected chi connectivity index (χ4v) is 1.71. The number of rotatable bonds is 2. The van der Waals surface area contributed by atoms with Crippen molar-refractivity contribution in [3.05, 3.63) is 35.9 Å². The molecule has 1 aliphatic heterocycles. The van der Waals surface area contributed by atoms with Crippen LogP contribution in [-0.2, 0) is 0 Å². The van der Waals surface area contributed by atoms with E-state index in [-0.39, 0.29) is 11.8 Å². The fourth-order valence-electron chi connectivity index (χ4n) is 1.71. The topological polar surface area (TPSA) is 29.1 Å². The second-order valence-electron chi connectivity index (χ2n) is 3.38. The van der Waals surface area contributed by atoms with Crippen LogP contribution in [0.2, 0.25) is 0 Å². The minimum Gasteiger partial charge on any atom is -0.307 e. The third kappa shape index (κ3) is 1.78. The summed E-state index contributed by atoms with van der Waals surface area (Å²) < 4.78 is 0. The smallest absolute Gasteiger partial charge is 0.179 e. The van der Waals surface area contributed by atoms with Crippen LogP contribution in [0.15, 0.2) is 30.3 Å². The predicted molar refractivity (Wildman–Crippen MR) is 51.8 cm³/mol. The molecule has 1 fully saturated rings. The zero-order valence-corrected chi connectivity index (χ0v) is 7.49. The molecule has 0 saturated carbocycles. The van der Waals surface area contributed by atoms with Gasteiger partial charge in [-0.25, -0.2) is 0 Å². The lowest BCUT2D eigenvalue weighted by Crippen LogP contribution is -2.30. The Kier molecular flexibility index (Phi) is 2.41. The lowest BCUT2D eigenvalue weighted by molar-refractivity contribution is 0.0952. The number of Topliss-reactive ketones (excluding diaryl/α,β-unsaturated/α-hetero) is 1. The molecule has 0 amide bonds. The molecular weight excluding hydrogens is 162 g/mol. The van der Waals surface area contributed by atoms with Crippen LogP contribution in [-0.4, -0.2) is 18.4 Å². The van der Waals surface area contributed by atoms with Gasteiger partial charge in [0.05, 0.1) is 6.04 Å². The summed E-state index contributed by atoms with van der Waals surface area (Å²) in [5.74, 6) is 0.234. The van der Waals surface area contributed by atoms with Crippen LogP contribution in [0.4, 0.5) is 0 Å². The number of nitrogens with one attached hydrogen (secondary N) is 1. The first-order chi connectivity index (χ1) is 6.38. The van der Waals surface area contributed by atoms with Crippen molar-refractivity contribution in [1.29, 1.82) is 0 Å². The molecule has 1 N–H and O–H groups in total. The first-order valence-corrected chi connectivity index (χ1v) is 4.70. The van der Waals surface area contributed by atoms with Gasteiger partial charge in [0.1, 0.15) is 0 Å². The van der Waals surface area contributed by atoms with E-state index in [2.05, 4.69) is 5.32 Å². The Balaban J connectivity index is 2.13. The molecule has 1 aliphatic rings. The van der Waals surface area contributed by atoms with Gasteiger partial charge in [0, 0.05) is 5.56 Å². The first kappa shape index (κ1) is 8.45. The Hall–Kier alpha value is -1.15. The SMILES string of the molecule is O=C(c1ccccc1)C1CCCN1. The summed E-state index contributed by atoms with van der Waals surface area (Å²) in [5.41, 5.74) is 0.821. The van der Waals surface area contributed by atoms with Gasteiger partial charge in [-0.05, 0) is 19.4 Å². The van der Waals surface area contributed by atoms with Gasteiger partial charge >= 0.3 is 0 Å². The molecule has 1 unspecified atom stereocenters. The molecule has 1 aromatic carbocycles. The molecule has 0 spiro atoms. The summed E-state index contributed by atoms with van der Waals surface area (Å²) in [6.07, 6.45) is 2.09. The zero-order chi connectivity index (χ0) is 9.10.